The maximum atomic E-state index is 10.7. The third-order valence-electron chi connectivity index (χ3n) is 1.17. The molecule has 0 aliphatic rings. The number of hydrogen-bond acceptors (Lipinski definition) is 2. The Balaban J connectivity index is 3.20. The number of rotatable bonds is 1. The first kappa shape index (κ1) is 9.04. The summed E-state index contributed by atoms with van der Waals surface area (Å²) < 4.78 is 22.5. The third-order valence-corrected chi connectivity index (χ3v) is 2.95. The molecule has 5 heteroatoms. The standard InChI is InChI=1S/C6H6NO2S.Sb/c7-10(8,9)6-4-2-1-3-5-6;/h2-5H,(H2,7,8,9);. The van der Waals surface area contributed by atoms with Gasteiger partial charge in [-0.15, -0.1) is 0 Å². The van der Waals surface area contributed by atoms with Crippen LogP contribution in [0.5, 0.6) is 0 Å². The molecule has 0 aromatic heterocycles. The second-order valence-corrected chi connectivity index (χ2v) is 5.07. The van der Waals surface area contributed by atoms with E-state index >= 15 is 0 Å². The van der Waals surface area contributed by atoms with Crippen molar-refractivity contribution in [2.24, 2.45) is 5.14 Å². The predicted octanol–water partition coefficient (Wildman–Crippen LogP) is -0.872. The summed E-state index contributed by atoms with van der Waals surface area (Å²) in [4.78, 5) is 0.164. The molecule has 11 heavy (non-hydrogen) atoms. The van der Waals surface area contributed by atoms with Gasteiger partial charge in [-0.05, 0) is 0 Å². The summed E-state index contributed by atoms with van der Waals surface area (Å²) in [5, 5.41) is 4.88. The summed E-state index contributed by atoms with van der Waals surface area (Å²) in [6.07, 6.45) is 0. The summed E-state index contributed by atoms with van der Waals surface area (Å²) in [5.74, 6) is 0. The Labute approximate surface area is 79.1 Å². The zero-order chi connectivity index (χ0) is 8.48. The Kier molecular flexibility index (Phi) is 2.57. The molecule has 0 spiro atoms. The van der Waals surface area contributed by atoms with Crippen LogP contribution in [0, 0.1) is 0 Å². The normalized spacial score (nSPS) is 11.5. The molecule has 2 N–H and O–H groups in total. The Morgan fingerprint density at radius 2 is 1.64 bits per heavy atom. The second-order valence-electron chi connectivity index (χ2n) is 2.04. The van der Waals surface area contributed by atoms with Crippen molar-refractivity contribution in [1.82, 2.24) is 0 Å². The van der Waals surface area contributed by atoms with Crippen molar-refractivity contribution in [2.45, 2.75) is 4.90 Å². The van der Waals surface area contributed by atoms with Crippen molar-refractivity contribution >= 4 is 36.6 Å². The number of sulfonamides is 1. The Bertz CT molecular complexity index is 343. The fourth-order valence-electron chi connectivity index (χ4n) is 0.636. The molecule has 58 valence electrons. The minimum atomic E-state index is -3.51. The van der Waals surface area contributed by atoms with Crippen molar-refractivity contribution < 1.29 is 8.42 Å². The summed E-state index contributed by atoms with van der Waals surface area (Å²) in [6, 6.07) is 6.47. The van der Waals surface area contributed by atoms with Crippen LogP contribution >= 0.6 is 0 Å². The number of primary sulfonamides is 1. The molecule has 0 fully saturated rings. The molecule has 0 amide bonds. The van der Waals surface area contributed by atoms with E-state index < -0.39 is 10.0 Å². The van der Waals surface area contributed by atoms with E-state index in [-0.39, 0.29) is 4.90 Å². The van der Waals surface area contributed by atoms with Gasteiger partial charge in [-0.2, -0.15) is 0 Å². The molecule has 3 nitrogen and oxygen atoms in total. The summed E-state index contributed by atoms with van der Waals surface area (Å²) >= 11 is 1.54. The second kappa shape index (κ2) is 3.13. The summed E-state index contributed by atoms with van der Waals surface area (Å²) in [7, 11) is -3.51. The molecule has 0 unspecified atom stereocenters. The van der Waals surface area contributed by atoms with Crippen LogP contribution in [-0.4, -0.2) is 31.4 Å². The van der Waals surface area contributed by atoms with Crippen molar-refractivity contribution in [3.63, 3.8) is 0 Å². The van der Waals surface area contributed by atoms with E-state index in [2.05, 4.69) is 0 Å². The summed E-state index contributed by atoms with van der Waals surface area (Å²) in [6.45, 7) is 0. The van der Waals surface area contributed by atoms with Gasteiger partial charge in [0.25, 0.3) is 0 Å². The van der Waals surface area contributed by atoms with Gasteiger partial charge in [-0.25, -0.2) is 0 Å². The molecule has 0 aliphatic carbocycles. The first-order valence-electron chi connectivity index (χ1n) is 2.82. The molecule has 0 aliphatic heterocycles. The van der Waals surface area contributed by atoms with Crippen LogP contribution in [-0.2, 0) is 10.0 Å². The van der Waals surface area contributed by atoms with Crippen LogP contribution in [0.3, 0.4) is 0 Å². The zero-order valence-electron chi connectivity index (χ0n) is 5.56. The molecule has 0 atom stereocenters. The van der Waals surface area contributed by atoms with Gasteiger partial charge in [0.2, 0.25) is 0 Å². The fourth-order valence-corrected chi connectivity index (χ4v) is 1.58. The van der Waals surface area contributed by atoms with E-state index in [1.54, 1.807) is 12.1 Å². The van der Waals surface area contributed by atoms with Gasteiger partial charge in [0, 0.05) is 0 Å². The van der Waals surface area contributed by atoms with Crippen molar-refractivity contribution in [3.05, 3.63) is 24.3 Å². The molecule has 0 heterocycles. The van der Waals surface area contributed by atoms with Crippen molar-refractivity contribution in [1.29, 1.82) is 0 Å². The van der Waals surface area contributed by atoms with E-state index in [0.717, 1.165) is 3.51 Å². The molecule has 0 saturated carbocycles. The van der Waals surface area contributed by atoms with Crippen molar-refractivity contribution in [3.8, 4) is 0 Å². The topological polar surface area (TPSA) is 60.2 Å². The first-order chi connectivity index (χ1) is 5.00. The Morgan fingerprint density at radius 3 is 2.00 bits per heavy atom. The maximum absolute atomic E-state index is 10.7. The van der Waals surface area contributed by atoms with Crippen LogP contribution < -0.4 is 8.65 Å². The first-order valence-corrected chi connectivity index (χ1v) is 5.64. The van der Waals surface area contributed by atoms with Gasteiger partial charge in [0.05, 0.1) is 0 Å². The molecular formula is C6H6NO2SSb. The molecular weight excluding hydrogens is 272 g/mol. The van der Waals surface area contributed by atoms with E-state index in [9.17, 15) is 8.42 Å². The molecule has 1 aromatic carbocycles. The fraction of sp³-hybridized carbons (Fsp3) is 0. The van der Waals surface area contributed by atoms with Gasteiger partial charge < -0.3 is 0 Å². The number of benzene rings is 1. The van der Waals surface area contributed by atoms with E-state index in [4.69, 9.17) is 5.14 Å². The van der Waals surface area contributed by atoms with Gasteiger partial charge in [0.15, 0.2) is 0 Å². The Morgan fingerprint density at radius 1 is 1.18 bits per heavy atom. The number of nitrogens with two attached hydrogens (primary N) is 1. The molecule has 0 saturated heterocycles. The zero-order valence-corrected chi connectivity index (χ0v) is 8.93. The van der Waals surface area contributed by atoms with Gasteiger partial charge in [-0.3, -0.25) is 0 Å². The van der Waals surface area contributed by atoms with Crippen LogP contribution in [0.2, 0.25) is 0 Å². The molecule has 1 rings (SSSR count). The van der Waals surface area contributed by atoms with Crippen LogP contribution in [0.1, 0.15) is 0 Å². The van der Waals surface area contributed by atoms with Crippen LogP contribution in [0.4, 0.5) is 0 Å². The van der Waals surface area contributed by atoms with Crippen LogP contribution in [0.25, 0.3) is 0 Å². The quantitative estimate of drug-likeness (QED) is 0.679. The third kappa shape index (κ3) is 2.47. The van der Waals surface area contributed by atoms with Crippen LogP contribution in [0.15, 0.2) is 29.2 Å². The Hall–Kier alpha value is -0.0518. The SMILES string of the molecule is NS(=O)(=O)c1cc[c]([Sb])cc1. The monoisotopic (exact) mass is 277 g/mol. The average Bonchev–Trinajstić information content (AvgIpc) is 1.86. The average molecular weight is 278 g/mol. The van der Waals surface area contributed by atoms with Crippen molar-refractivity contribution in [2.75, 3.05) is 0 Å². The van der Waals surface area contributed by atoms with Gasteiger partial charge in [0.1, 0.15) is 0 Å². The molecule has 1 aromatic rings. The van der Waals surface area contributed by atoms with E-state index in [1.165, 1.54) is 35.2 Å². The predicted molar refractivity (Wildman–Crippen MR) is 43.2 cm³/mol. The minimum absolute atomic E-state index is 0.164. The number of hydrogen-bond donors (Lipinski definition) is 1. The summed E-state index contributed by atoms with van der Waals surface area (Å²) in [5.41, 5.74) is 0. The molecule has 2 radical (unpaired) electrons. The van der Waals surface area contributed by atoms with Gasteiger partial charge in [-0.1, -0.05) is 0 Å². The van der Waals surface area contributed by atoms with E-state index in [0.29, 0.717) is 0 Å². The van der Waals surface area contributed by atoms with E-state index in [1.807, 2.05) is 0 Å². The molecule has 0 bridgehead atoms. The van der Waals surface area contributed by atoms with Gasteiger partial charge >= 0.3 is 79.3 Å².